The lowest BCUT2D eigenvalue weighted by molar-refractivity contribution is 0.555. The lowest BCUT2D eigenvalue weighted by Gasteiger charge is -2.21. The van der Waals surface area contributed by atoms with E-state index in [0.717, 1.165) is 47.7 Å². The van der Waals surface area contributed by atoms with Gasteiger partial charge in [0.2, 0.25) is 0 Å². The van der Waals surface area contributed by atoms with Crippen molar-refractivity contribution >= 4 is 11.6 Å². The van der Waals surface area contributed by atoms with E-state index in [9.17, 15) is 0 Å². The molecule has 0 aliphatic heterocycles. The Morgan fingerprint density at radius 2 is 2.25 bits per heavy atom. The minimum Gasteiger partial charge on any atom is -0.324 e. The van der Waals surface area contributed by atoms with E-state index in [4.69, 9.17) is 22.4 Å². The third-order valence-electron chi connectivity index (χ3n) is 4.20. The second-order valence-corrected chi connectivity index (χ2v) is 5.86. The van der Waals surface area contributed by atoms with Gasteiger partial charge in [-0.1, -0.05) is 24.6 Å². The smallest absolute Gasteiger partial charge is 0.0693 e. The summed E-state index contributed by atoms with van der Waals surface area (Å²) in [5, 5.41) is 5.59. The topological polar surface area (TPSA) is 43.8 Å². The largest absolute Gasteiger partial charge is 0.324 e. The molecule has 1 aromatic carbocycles. The molecule has 1 atom stereocenters. The Kier molecular flexibility index (Phi) is 3.57. The van der Waals surface area contributed by atoms with Crippen LogP contribution < -0.4 is 5.73 Å². The zero-order chi connectivity index (χ0) is 14.3. The average molecular weight is 290 g/mol. The van der Waals surface area contributed by atoms with E-state index >= 15 is 0 Å². The van der Waals surface area contributed by atoms with Crippen LogP contribution in [0.2, 0.25) is 5.02 Å². The maximum Gasteiger partial charge on any atom is 0.0693 e. The van der Waals surface area contributed by atoms with Crippen LogP contribution in [0.3, 0.4) is 0 Å². The monoisotopic (exact) mass is 289 g/mol. The minimum atomic E-state index is 0.127. The van der Waals surface area contributed by atoms with Gasteiger partial charge in [0.15, 0.2) is 0 Å². The number of hydrogen-bond acceptors (Lipinski definition) is 2. The van der Waals surface area contributed by atoms with Crippen LogP contribution in [0.15, 0.2) is 18.2 Å². The van der Waals surface area contributed by atoms with Gasteiger partial charge in [0.05, 0.1) is 11.4 Å². The van der Waals surface area contributed by atoms with Crippen LogP contribution >= 0.6 is 11.6 Å². The zero-order valence-corrected chi connectivity index (χ0v) is 12.7. The van der Waals surface area contributed by atoms with Gasteiger partial charge in [-0.15, -0.1) is 0 Å². The number of rotatable bonds is 2. The van der Waals surface area contributed by atoms with Gasteiger partial charge in [-0.2, -0.15) is 5.10 Å². The number of hydrogen-bond donors (Lipinski definition) is 1. The van der Waals surface area contributed by atoms with E-state index in [1.54, 1.807) is 0 Å². The summed E-state index contributed by atoms with van der Waals surface area (Å²) in [5.74, 6) is 0. The highest BCUT2D eigenvalue weighted by molar-refractivity contribution is 6.31. The predicted octanol–water partition coefficient (Wildman–Crippen LogP) is 3.73. The average Bonchev–Trinajstić information content (AvgIpc) is 2.82. The normalized spacial score (nSPS) is 18.1. The number of fused-ring (bicyclic) bond motifs is 1. The highest BCUT2D eigenvalue weighted by atomic mass is 35.5. The van der Waals surface area contributed by atoms with Gasteiger partial charge in [-0.3, -0.25) is 0 Å². The van der Waals surface area contributed by atoms with Crippen LogP contribution in [-0.2, 0) is 12.8 Å². The van der Waals surface area contributed by atoms with Gasteiger partial charge >= 0.3 is 0 Å². The predicted molar refractivity (Wildman–Crippen MR) is 82.6 cm³/mol. The summed E-state index contributed by atoms with van der Waals surface area (Å²) in [6, 6.07) is 6.10. The van der Waals surface area contributed by atoms with Crippen molar-refractivity contribution in [2.45, 2.75) is 45.6 Å². The van der Waals surface area contributed by atoms with Crippen LogP contribution in [0.25, 0.3) is 5.69 Å². The van der Waals surface area contributed by atoms with Gasteiger partial charge in [0.25, 0.3) is 0 Å². The van der Waals surface area contributed by atoms with Crippen molar-refractivity contribution in [3.8, 4) is 5.69 Å². The molecule has 0 saturated heterocycles. The number of nitrogens with two attached hydrogens (primary N) is 1. The summed E-state index contributed by atoms with van der Waals surface area (Å²) in [6.07, 6.45) is 4.15. The zero-order valence-electron chi connectivity index (χ0n) is 12.0. The summed E-state index contributed by atoms with van der Waals surface area (Å²) in [5.41, 5.74) is 12.1. The van der Waals surface area contributed by atoms with E-state index < -0.39 is 0 Å². The van der Waals surface area contributed by atoms with Crippen LogP contribution in [0.1, 0.15) is 48.3 Å². The molecule has 2 N–H and O–H groups in total. The quantitative estimate of drug-likeness (QED) is 0.915. The first-order valence-corrected chi connectivity index (χ1v) is 7.63. The summed E-state index contributed by atoms with van der Waals surface area (Å²) >= 11 is 6.25. The van der Waals surface area contributed by atoms with Gasteiger partial charge in [0.1, 0.15) is 0 Å². The van der Waals surface area contributed by atoms with Gasteiger partial charge < -0.3 is 5.73 Å². The molecule has 3 nitrogen and oxygen atoms in total. The van der Waals surface area contributed by atoms with Crippen LogP contribution in [0.4, 0.5) is 0 Å². The highest BCUT2D eigenvalue weighted by Gasteiger charge is 2.26. The number of halogens is 1. The molecule has 1 unspecified atom stereocenters. The van der Waals surface area contributed by atoms with E-state index in [-0.39, 0.29) is 6.04 Å². The molecule has 2 aromatic rings. The molecule has 0 spiro atoms. The van der Waals surface area contributed by atoms with Gasteiger partial charge in [0, 0.05) is 22.3 Å². The first-order chi connectivity index (χ1) is 9.63. The molecule has 0 amide bonds. The third kappa shape index (κ3) is 2.05. The van der Waals surface area contributed by atoms with E-state index in [1.165, 1.54) is 11.3 Å². The molecular formula is C16H20ClN3. The maximum atomic E-state index is 6.30. The molecule has 1 heterocycles. The van der Waals surface area contributed by atoms with Gasteiger partial charge in [-0.25, -0.2) is 4.68 Å². The standard InChI is InChI=1S/C16H20ClN3/c1-3-13-16-12(18)7-5-9-15(16)20(19-13)14-8-4-6-11(17)10(14)2/h4,6,8,12H,3,5,7,9,18H2,1-2H3. The lowest BCUT2D eigenvalue weighted by Crippen LogP contribution is -2.19. The number of aromatic nitrogens is 2. The molecular weight excluding hydrogens is 270 g/mol. The van der Waals surface area contributed by atoms with E-state index in [0.29, 0.717) is 0 Å². The highest BCUT2D eigenvalue weighted by Crippen LogP contribution is 2.34. The molecule has 20 heavy (non-hydrogen) atoms. The fourth-order valence-electron chi connectivity index (χ4n) is 3.10. The van der Waals surface area contributed by atoms with Crippen molar-refractivity contribution < 1.29 is 0 Å². The summed E-state index contributed by atoms with van der Waals surface area (Å²) in [4.78, 5) is 0. The second-order valence-electron chi connectivity index (χ2n) is 5.46. The summed E-state index contributed by atoms with van der Waals surface area (Å²) in [7, 11) is 0. The molecule has 4 heteroatoms. The maximum absolute atomic E-state index is 6.30. The summed E-state index contributed by atoms with van der Waals surface area (Å²) in [6.45, 7) is 4.18. The van der Waals surface area contributed by atoms with E-state index in [2.05, 4.69) is 17.7 Å². The Labute approximate surface area is 124 Å². The molecule has 106 valence electrons. The van der Waals surface area contributed by atoms with Crippen molar-refractivity contribution in [3.05, 3.63) is 45.7 Å². The van der Waals surface area contributed by atoms with Crippen molar-refractivity contribution in [2.24, 2.45) is 5.73 Å². The Bertz CT molecular complexity index is 645. The molecule has 1 aliphatic carbocycles. The molecule has 3 rings (SSSR count). The Balaban J connectivity index is 2.22. The second kappa shape index (κ2) is 5.23. The van der Waals surface area contributed by atoms with Crippen molar-refractivity contribution in [2.75, 3.05) is 0 Å². The molecule has 1 aromatic heterocycles. The Morgan fingerprint density at radius 1 is 1.45 bits per heavy atom. The van der Waals surface area contributed by atoms with Crippen LogP contribution in [0.5, 0.6) is 0 Å². The fourth-order valence-corrected chi connectivity index (χ4v) is 3.27. The Morgan fingerprint density at radius 3 is 3.00 bits per heavy atom. The first-order valence-electron chi connectivity index (χ1n) is 7.25. The molecule has 0 bridgehead atoms. The molecule has 0 radical (unpaired) electrons. The van der Waals surface area contributed by atoms with Crippen molar-refractivity contribution in [1.29, 1.82) is 0 Å². The SMILES string of the molecule is CCc1nn(-c2cccc(Cl)c2C)c2c1C(N)CCC2. The number of benzene rings is 1. The third-order valence-corrected chi connectivity index (χ3v) is 4.61. The number of nitrogens with zero attached hydrogens (tertiary/aromatic N) is 2. The molecule has 0 saturated carbocycles. The molecule has 0 fully saturated rings. The van der Waals surface area contributed by atoms with Crippen molar-refractivity contribution in [3.63, 3.8) is 0 Å². The van der Waals surface area contributed by atoms with E-state index in [1.807, 2.05) is 19.1 Å². The van der Waals surface area contributed by atoms with Crippen LogP contribution in [-0.4, -0.2) is 9.78 Å². The number of aryl methyl sites for hydroxylation is 1. The van der Waals surface area contributed by atoms with Crippen LogP contribution in [0, 0.1) is 6.92 Å². The minimum absolute atomic E-state index is 0.127. The van der Waals surface area contributed by atoms with Crippen molar-refractivity contribution in [1.82, 2.24) is 9.78 Å². The Hall–Kier alpha value is -1.32. The first kappa shape index (κ1) is 13.7. The summed E-state index contributed by atoms with van der Waals surface area (Å²) < 4.78 is 2.06. The molecule has 1 aliphatic rings. The van der Waals surface area contributed by atoms with Gasteiger partial charge in [-0.05, 0) is 50.3 Å². The fraction of sp³-hybridized carbons (Fsp3) is 0.438. The lowest BCUT2D eigenvalue weighted by atomic mass is 9.91.